The van der Waals surface area contributed by atoms with E-state index in [9.17, 15) is 0 Å². The first-order valence-corrected chi connectivity index (χ1v) is 7.72. The number of rotatable bonds is 4. The van der Waals surface area contributed by atoms with E-state index in [1.54, 1.807) is 6.20 Å². The first kappa shape index (κ1) is 14.1. The minimum Gasteiger partial charge on any atom is -0.491 e. The van der Waals surface area contributed by atoms with Crippen molar-refractivity contribution < 1.29 is 4.74 Å². The Bertz CT molecular complexity index is 614. The highest BCUT2D eigenvalue weighted by molar-refractivity contribution is 5.94. The Morgan fingerprint density at radius 2 is 2.24 bits per heavy atom. The fraction of sp³-hybridized carbons (Fsp3) is 0.471. The zero-order valence-electron chi connectivity index (χ0n) is 12.6. The van der Waals surface area contributed by atoms with Crippen LogP contribution < -0.4 is 10.5 Å². The molecule has 0 amide bonds. The number of pyridine rings is 1. The molecule has 1 saturated heterocycles. The molecule has 0 bridgehead atoms. The molecule has 0 aliphatic carbocycles. The number of fused-ring (bicyclic) bond motifs is 1. The van der Waals surface area contributed by atoms with Gasteiger partial charge in [-0.15, -0.1) is 0 Å². The highest BCUT2D eigenvalue weighted by Gasteiger charge is 2.18. The van der Waals surface area contributed by atoms with E-state index in [4.69, 9.17) is 10.5 Å². The average molecular weight is 285 g/mol. The lowest BCUT2D eigenvalue weighted by molar-refractivity contribution is 0.153. The van der Waals surface area contributed by atoms with Gasteiger partial charge in [-0.25, -0.2) is 0 Å². The molecule has 1 atom stereocenters. The van der Waals surface area contributed by atoms with Crippen LogP contribution in [0.25, 0.3) is 10.9 Å². The van der Waals surface area contributed by atoms with Gasteiger partial charge in [0.05, 0.1) is 6.61 Å². The maximum Gasteiger partial charge on any atom is 0.145 e. The van der Waals surface area contributed by atoms with Crippen LogP contribution in [0.5, 0.6) is 5.75 Å². The molecule has 2 N–H and O–H groups in total. The van der Waals surface area contributed by atoms with Gasteiger partial charge in [-0.1, -0.05) is 6.42 Å². The van der Waals surface area contributed by atoms with Crippen molar-refractivity contribution in [2.75, 3.05) is 25.9 Å². The summed E-state index contributed by atoms with van der Waals surface area (Å²) >= 11 is 0. The lowest BCUT2D eigenvalue weighted by atomic mass is 10.0. The highest BCUT2D eigenvalue weighted by atomic mass is 16.5. The molecule has 3 rings (SSSR count). The zero-order chi connectivity index (χ0) is 14.7. The monoisotopic (exact) mass is 285 g/mol. The summed E-state index contributed by atoms with van der Waals surface area (Å²) in [6.07, 6.45) is 6.78. The second-order valence-corrected chi connectivity index (χ2v) is 5.82. The predicted octanol–water partition coefficient (Wildman–Crippen LogP) is 3.07. The Hall–Kier alpha value is -1.81. The second-order valence-electron chi connectivity index (χ2n) is 5.82. The molecule has 1 aliphatic rings. The number of piperidine rings is 1. The molecule has 1 unspecified atom stereocenters. The minimum atomic E-state index is 0.645. The lowest BCUT2D eigenvalue weighted by Gasteiger charge is -2.32. The lowest BCUT2D eigenvalue weighted by Crippen LogP contribution is -2.37. The molecule has 112 valence electrons. The Balaban J connectivity index is 1.67. The number of nitrogens with two attached hydrogens (primary N) is 1. The Labute approximate surface area is 125 Å². The highest BCUT2D eigenvalue weighted by Crippen LogP contribution is 2.28. The van der Waals surface area contributed by atoms with E-state index in [2.05, 4.69) is 16.9 Å². The van der Waals surface area contributed by atoms with Gasteiger partial charge in [-0.3, -0.25) is 4.98 Å². The standard InChI is InChI=1S/C17H23N3O/c1-20-11-3-2-5-13(20)9-12-21-16-8-7-15(18)14-6-4-10-19-17(14)16/h4,6-8,10,13H,2-3,5,9,11-12,18H2,1H3. The Kier molecular flexibility index (Phi) is 4.25. The van der Waals surface area contributed by atoms with Crippen molar-refractivity contribution in [3.8, 4) is 5.75 Å². The topological polar surface area (TPSA) is 51.4 Å². The van der Waals surface area contributed by atoms with Crippen molar-refractivity contribution in [3.05, 3.63) is 30.5 Å². The van der Waals surface area contributed by atoms with E-state index in [0.717, 1.165) is 35.4 Å². The maximum atomic E-state index is 5.99. The molecule has 0 spiro atoms. The van der Waals surface area contributed by atoms with Crippen LogP contribution in [0.2, 0.25) is 0 Å². The van der Waals surface area contributed by atoms with Crippen molar-refractivity contribution in [3.63, 3.8) is 0 Å². The van der Waals surface area contributed by atoms with E-state index >= 15 is 0 Å². The van der Waals surface area contributed by atoms with Gasteiger partial charge in [-0.05, 0) is 57.1 Å². The summed E-state index contributed by atoms with van der Waals surface area (Å²) in [6.45, 7) is 1.93. The number of anilines is 1. The van der Waals surface area contributed by atoms with Crippen LogP contribution in [0, 0.1) is 0 Å². The number of aromatic nitrogens is 1. The predicted molar refractivity (Wildman–Crippen MR) is 86.5 cm³/mol. The SMILES string of the molecule is CN1CCCCC1CCOc1ccc(N)c2cccnc12. The second kappa shape index (κ2) is 6.31. The molecular formula is C17H23N3O. The van der Waals surface area contributed by atoms with Gasteiger partial charge in [0.25, 0.3) is 0 Å². The third kappa shape index (κ3) is 3.10. The van der Waals surface area contributed by atoms with Crippen molar-refractivity contribution >= 4 is 16.6 Å². The normalized spacial score (nSPS) is 19.8. The van der Waals surface area contributed by atoms with Crippen molar-refractivity contribution in [2.24, 2.45) is 0 Å². The largest absolute Gasteiger partial charge is 0.491 e. The summed E-state index contributed by atoms with van der Waals surface area (Å²) < 4.78 is 5.98. The third-order valence-corrected chi connectivity index (χ3v) is 4.40. The molecule has 1 aromatic carbocycles. The quantitative estimate of drug-likeness (QED) is 0.877. The van der Waals surface area contributed by atoms with Gasteiger partial charge in [0, 0.05) is 23.3 Å². The van der Waals surface area contributed by atoms with E-state index in [0.29, 0.717) is 6.04 Å². The van der Waals surface area contributed by atoms with Gasteiger partial charge in [0.2, 0.25) is 0 Å². The maximum absolute atomic E-state index is 5.99. The van der Waals surface area contributed by atoms with Crippen molar-refractivity contribution in [2.45, 2.75) is 31.7 Å². The fourth-order valence-corrected chi connectivity index (χ4v) is 3.10. The number of ether oxygens (including phenoxy) is 1. The molecule has 1 aromatic heterocycles. The zero-order valence-corrected chi connectivity index (χ0v) is 12.6. The van der Waals surface area contributed by atoms with Crippen LogP contribution in [0.1, 0.15) is 25.7 Å². The Morgan fingerprint density at radius 1 is 1.33 bits per heavy atom. The number of benzene rings is 1. The summed E-state index contributed by atoms with van der Waals surface area (Å²) in [5.41, 5.74) is 7.59. The average Bonchev–Trinajstić information content (AvgIpc) is 2.52. The van der Waals surface area contributed by atoms with Crippen molar-refractivity contribution in [1.82, 2.24) is 9.88 Å². The van der Waals surface area contributed by atoms with E-state index in [-0.39, 0.29) is 0 Å². The fourth-order valence-electron chi connectivity index (χ4n) is 3.10. The smallest absolute Gasteiger partial charge is 0.145 e. The summed E-state index contributed by atoms with van der Waals surface area (Å²) in [5.74, 6) is 0.832. The van der Waals surface area contributed by atoms with Gasteiger partial charge in [0.15, 0.2) is 0 Å². The van der Waals surface area contributed by atoms with Gasteiger partial charge >= 0.3 is 0 Å². The van der Waals surface area contributed by atoms with Crippen LogP contribution in [0.3, 0.4) is 0 Å². The molecule has 0 saturated carbocycles. The van der Waals surface area contributed by atoms with E-state index < -0.39 is 0 Å². The summed E-state index contributed by atoms with van der Waals surface area (Å²) in [7, 11) is 2.21. The minimum absolute atomic E-state index is 0.645. The molecule has 0 radical (unpaired) electrons. The molecule has 2 aromatic rings. The summed E-state index contributed by atoms with van der Waals surface area (Å²) in [4.78, 5) is 6.86. The number of likely N-dealkylation sites (tertiary alicyclic amines) is 1. The van der Waals surface area contributed by atoms with Crippen LogP contribution >= 0.6 is 0 Å². The van der Waals surface area contributed by atoms with E-state index in [1.807, 2.05) is 24.3 Å². The molecule has 1 aliphatic heterocycles. The summed E-state index contributed by atoms with van der Waals surface area (Å²) in [6, 6.07) is 8.35. The van der Waals surface area contributed by atoms with Crippen LogP contribution in [0.15, 0.2) is 30.5 Å². The first-order valence-electron chi connectivity index (χ1n) is 7.72. The van der Waals surface area contributed by atoms with Gasteiger partial charge in [-0.2, -0.15) is 0 Å². The van der Waals surface area contributed by atoms with Gasteiger partial charge in [0.1, 0.15) is 11.3 Å². The third-order valence-electron chi connectivity index (χ3n) is 4.40. The molecule has 4 nitrogen and oxygen atoms in total. The van der Waals surface area contributed by atoms with E-state index in [1.165, 1.54) is 25.8 Å². The number of hydrogen-bond acceptors (Lipinski definition) is 4. The number of nitrogens with zero attached hydrogens (tertiary/aromatic N) is 2. The summed E-state index contributed by atoms with van der Waals surface area (Å²) in [5, 5.41) is 0.963. The molecule has 1 fully saturated rings. The van der Waals surface area contributed by atoms with Crippen molar-refractivity contribution in [1.29, 1.82) is 0 Å². The van der Waals surface area contributed by atoms with Gasteiger partial charge < -0.3 is 15.4 Å². The Morgan fingerprint density at radius 3 is 3.10 bits per heavy atom. The molecular weight excluding hydrogens is 262 g/mol. The molecule has 4 heteroatoms. The molecule has 21 heavy (non-hydrogen) atoms. The van der Waals surface area contributed by atoms with Crippen LogP contribution in [-0.2, 0) is 0 Å². The molecule has 2 heterocycles. The number of hydrogen-bond donors (Lipinski definition) is 1. The van der Waals surface area contributed by atoms with Crippen LogP contribution in [0.4, 0.5) is 5.69 Å². The first-order chi connectivity index (χ1) is 10.3. The van der Waals surface area contributed by atoms with Crippen LogP contribution in [-0.4, -0.2) is 36.1 Å². The number of nitrogen functional groups attached to an aromatic ring is 1.